The Labute approximate surface area is 116 Å². The number of hydrogen-bond acceptors (Lipinski definition) is 1. The van der Waals surface area contributed by atoms with Crippen molar-refractivity contribution in [3.8, 4) is 0 Å². The van der Waals surface area contributed by atoms with Crippen molar-refractivity contribution < 1.29 is 0 Å². The van der Waals surface area contributed by atoms with Crippen molar-refractivity contribution in [1.82, 2.24) is 0 Å². The summed E-state index contributed by atoms with van der Waals surface area (Å²) in [6.07, 6.45) is 3.23. The van der Waals surface area contributed by atoms with Gasteiger partial charge in [0.2, 0.25) is 0 Å². The van der Waals surface area contributed by atoms with Gasteiger partial charge in [-0.15, -0.1) is 0 Å². The summed E-state index contributed by atoms with van der Waals surface area (Å²) >= 11 is 0. The molecule has 0 radical (unpaired) electrons. The standard InChI is InChI=1S/C18H23N/c1-2-15-8-10-17(11-9-15)13-18(14-19)12-16-6-4-3-5-7-16/h3-11,18H,2,12-14,19H2,1H3. The lowest BCUT2D eigenvalue weighted by atomic mass is 9.92. The summed E-state index contributed by atoms with van der Waals surface area (Å²) < 4.78 is 0. The van der Waals surface area contributed by atoms with Crippen molar-refractivity contribution in [2.45, 2.75) is 26.2 Å². The summed E-state index contributed by atoms with van der Waals surface area (Å²) in [5, 5.41) is 0. The second kappa shape index (κ2) is 7.10. The summed E-state index contributed by atoms with van der Waals surface area (Å²) in [5.74, 6) is 0.523. The van der Waals surface area contributed by atoms with E-state index in [4.69, 9.17) is 5.73 Å². The molecule has 2 aromatic rings. The van der Waals surface area contributed by atoms with E-state index >= 15 is 0 Å². The van der Waals surface area contributed by atoms with Crippen LogP contribution < -0.4 is 5.73 Å². The van der Waals surface area contributed by atoms with Crippen LogP contribution in [0.15, 0.2) is 54.6 Å². The first-order valence-corrected chi connectivity index (χ1v) is 7.13. The van der Waals surface area contributed by atoms with E-state index in [0.717, 1.165) is 25.8 Å². The Hall–Kier alpha value is -1.60. The zero-order valence-corrected chi connectivity index (χ0v) is 11.7. The van der Waals surface area contributed by atoms with Crippen molar-refractivity contribution in [2.75, 3.05) is 6.54 Å². The third-order valence-corrected chi connectivity index (χ3v) is 3.66. The molecule has 0 aliphatic heterocycles. The van der Waals surface area contributed by atoms with Gasteiger partial charge in [0.25, 0.3) is 0 Å². The molecule has 1 nitrogen and oxygen atoms in total. The molecule has 0 saturated carbocycles. The van der Waals surface area contributed by atoms with Gasteiger partial charge in [-0.3, -0.25) is 0 Å². The van der Waals surface area contributed by atoms with E-state index in [0.29, 0.717) is 5.92 Å². The molecule has 100 valence electrons. The minimum atomic E-state index is 0.523. The first-order valence-electron chi connectivity index (χ1n) is 7.13. The van der Waals surface area contributed by atoms with Crippen LogP contribution >= 0.6 is 0 Å². The number of aryl methyl sites for hydroxylation is 1. The van der Waals surface area contributed by atoms with Crippen LogP contribution in [0.5, 0.6) is 0 Å². The van der Waals surface area contributed by atoms with Gasteiger partial charge in [-0.2, -0.15) is 0 Å². The van der Waals surface area contributed by atoms with Gasteiger partial charge in [0.1, 0.15) is 0 Å². The average Bonchev–Trinajstić information content (AvgIpc) is 2.48. The molecular formula is C18H23N. The second-order valence-corrected chi connectivity index (χ2v) is 5.17. The van der Waals surface area contributed by atoms with Crippen LogP contribution in [0.4, 0.5) is 0 Å². The Kier molecular flexibility index (Phi) is 5.17. The van der Waals surface area contributed by atoms with Crippen molar-refractivity contribution in [2.24, 2.45) is 11.7 Å². The normalized spacial score (nSPS) is 12.3. The molecule has 1 atom stereocenters. The molecule has 0 spiro atoms. The summed E-state index contributed by atoms with van der Waals surface area (Å²) in [6, 6.07) is 19.6. The highest BCUT2D eigenvalue weighted by atomic mass is 14.5. The second-order valence-electron chi connectivity index (χ2n) is 5.17. The van der Waals surface area contributed by atoms with Crippen molar-refractivity contribution in [1.29, 1.82) is 0 Å². The van der Waals surface area contributed by atoms with Gasteiger partial charge in [-0.1, -0.05) is 61.5 Å². The number of benzene rings is 2. The van der Waals surface area contributed by atoms with E-state index in [1.54, 1.807) is 0 Å². The van der Waals surface area contributed by atoms with Crippen molar-refractivity contribution >= 4 is 0 Å². The molecule has 0 fully saturated rings. The maximum atomic E-state index is 5.92. The fourth-order valence-electron chi connectivity index (χ4n) is 2.43. The van der Waals surface area contributed by atoms with E-state index in [9.17, 15) is 0 Å². The highest BCUT2D eigenvalue weighted by Crippen LogP contribution is 2.15. The molecule has 2 N–H and O–H groups in total. The third kappa shape index (κ3) is 4.22. The molecule has 2 aromatic carbocycles. The Morgan fingerprint density at radius 2 is 1.32 bits per heavy atom. The summed E-state index contributed by atoms with van der Waals surface area (Å²) in [4.78, 5) is 0. The third-order valence-electron chi connectivity index (χ3n) is 3.66. The van der Waals surface area contributed by atoms with E-state index in [1.807, 2.05) is 0 Å². The largest absolute Gasteiger partial charge is 0.330 e. The fourth-order valence-corrected chi connectivity index (χ4v) is 2.43. The maximum Gasteiger partial charge on any atom is -0.00425 e. The van der Waals surface area contributed by atoms with Crippen LogP contribution in [0.1, 0.15) is 23.6 Å². The van der Waals surface area contributed by atoms with Gasteiger partial charge in [0, 0.05) is 0 Å². The predicted molar refractivity (Wildman–Crippen MR) is 82.2 cm³/mol. The minimum absolute atomic E-state index is 0.523. The molecule has 1 heteroatoms. The van der Waals surface area contributed by atoms with E-state index in [2.05, 4.69) is 61.5 Å². The number of rotatable bonds is 6. The van der Waals surface area contributed by atoms with E-state index in [-0.39, 0.29) is 0 Å². The highest BCUT2D eigenvalue weighted by Gasteiger charge is 2.08. The smallest absolute Gasteiger partial charge is 0.00425 e. The molecule has 0 aromatic heterocycles. The lowest BCUT2D eigenvalue weighted by Gasteiger charge is -2.15. The molecule has 19 heavy (non-hydrogen) atoms. The Balaban J connectivity index is 1.98. The van der Waals surface area contributed by atoms with Gasteiger partial charge in [0.05, 0.1) is 0 Å². The van der Waals surface area contributed by atoms with Crippen molar-refractivity contribution in [3.63, 3.8) is 0 Å². The molecule has 1 unspecified atom stereocenters. The molecule has 2 rings (SSSR count). The van der Waals surface area contributed by atoms with Gasteiger partial charge < -0.3 is 5.73 Å². The average molecular weight is 253 g/mol. The predicted octanol–water partition coefficient (Wildman–Crippen LogP) is 3.61. The van der Waals surface area contributed by atoms with E-state index < -0.39 is 0 Å². The SMILES string of the molecule is CCc1ccc(CC(CN)Cc2ccccc2)cc1. The quantitative estimate of drug-likeness (QED) is 0.836. The molecule has 0 bridgehead atoms. The Bertz CT molecular complexity index is 473. The maximum absolute atomic E-state index is 5.92. The zero-order chi connectivity index (χ0) is 13.5. The van der Waals surface area contributed by atoms with Crippen LogP contribution in [-0.4, -0.2) is 6.54 Å². The molecule has 0 aliphatic carbocycles. The molecular weight excluding hydrogens is 230 g/mol. The van der Waals surface area contributed by atoms with Crippen molar-refractivity contribution in [3.05, 3.63) is 71.3 Å². The van der Waals surface area contributed by atoms with Crippen LogP contribution in [0.3, 0.4) is 0 Å². The molecule has 0 aliphatic rings. The first-order chi connectivity index (χ1) is 9.31. The monoisotopic (exact) mass is 253 g/mol. The molecule has 0 saturated heterocycles. The summed E-state index contributed by atoms with van der Waals surface area (Å²) in [5.41, 5.74) is 10.1. The zero-order valence-electron chi connectivity index (χ0n) is 11.7. The summed E-state index contributed by atoms with van der Waals surface area (Å²) in [6.45, 7) is 2.93. The lowest BCUT2D eigenvalue weighted by molar-refractivity contribution is 0.533. The highest BCUT2D eigenvalue weighted by molar-refractivity contribution is 5.23. The van der Waals surface area contributed by atoms with Gasteiger partial charge in [-0.05, 0) is 48.4 Å². The van der Waals surface area contributed by atoms with Gasteiger partial charge in [0.15, 0.2) is 0 Å². The Morgan fingerprint density at radius 1 is 0.789 bits per heavy atom. The Morgan fingerprint density at radius 3 is 1.84 bits per heavy atom. The summed E-state index contributed by atoms with van der Waals surface area (Å²) in [7, 11) is 0. The van der Waals surface area contributed by atoms with Crippen LogP contribution in [0.25, 0.3) is 0 Å². The topological polar surface area (TPSA) is 26.0 Å². The van der Waals surface area contributed by atoms with Gasteiger partial charge in [-0.25, -0.2) is 0 Å². The van der Waals surface area contributed by atoms with Crippen LogP contribution in [-0.2, 0) is 19.3 Å². The van der Waals surface area contributed by atoms with Crippen LogP contribution in [0, 0.1) is 5.92 Å². The first kappa shape index (κ1) is 13.8. The lowest BCUT2D eigenvalue weighted by Crippen LogP contribution is -2.19. The molecule has 0 amide bonds. The van der Waals surface area contributed by atoms with Gasteiger partial charge >= 0.3 is 0 Å². The number of hydrogen-bond donors (Lipinski definition) is 1. The number of nitrogens with two attached hydrogens (primary N) is 1. The van der Waals surface area contributed by atoms with Crippen LogP contribution in [0.2, 0.25) is 0 Å². The minimum Gasteiger partial charge on any atom is -0.330 e. The fraction of sp³-hybridized carbons (Fsp3) is 0.333. The molecule has 0 heterocycles. The van der Waals surface area contributed by atoms with E-state index in [1.165, 1.54) is 16.7 Å².